The Morgan fingerprint density at radius 3 is 2.75 bits per heavy atom. The van der Waals surface area contributed by atoms with E-state index in [-0.39, 0.29) is 6.04 Å². The molecule has 1 unspecified atom stereocenters. The van der Waals surface area contributed by atoms with Gasteiger partial charge in [0, 0.05) is 0 Å². The third kappa shape index (κ3) is 1.21. The van der Waals surface area contributed by atoms with Gasteiger partial charge < -0.3 is 0 Å². The maximum absolute atomic E-state index is 10.1. The van der Waals surface area contributed by atoms with E-state index >= 15 is 0 Å². The molecule has 1 N–H and O–H groups in total. The molecular weight excluding hydrogens is 317 g/mol. The molecule has 2 aromatic rings. The number of fused-ring (bicyclic) bond motifs is 3. The summed E-state index contributed by atoms with van der Waals surface area (Å²) in [5.74, 6) is 0. The molecule has 0 fully saturated rings. The third-order valence-corrected chi connectivity index (χ3v) is 3.74. The van der Waals surface area contributed by atoms with Crippen molar-refractivity contribution in [1.29, 1.82) is 0 Å². The molecule has 0 radical (unpaired) electrons. The summed E-state index contributed by atoms with van der Waals surface area (Å²) in [5.41, 5.74) is 2.81. The van der Waals surface area contributed by atoms with Gasteiger partial charge in [-0.05, 0) is 41.6 Å². The normalized spacial score (nSPS) is 18.2. The minimum Gasteiger partial charge on any atom is -0.298 e. The van der Waals surface area contributed by atoms with Crippen LogP contribution in [-0.4, -0.2) is 14.8 Å². The lowest BCUT2D eigenvalue weighted by atomic mass is 10.1. The maximum atomic E-state index is 10.1. The first kappa shape index (κ1) is 10.1. The quantitative estimate of drug-likeness (QED) is 0.757. The zero-order valence-corrected chi connectivity index (χ0v) is 10.8. The topological polar surface area (TPSA) is 41.3 Å². The minimum absolute atomic E-state index is 0.0794. The molecule has 1 aromatic carbocycles. The number of rotatable bonds is 0. The van der Waals surface area contributed by atoms with Crippen molar-refractivity contribution in [2.24, 2.45) is 0 Å². The molecule has 3 rings (SSSR count). The predicted molar refractivity (Wildman–Crippen MR) is 69.0 cm³/mol. The van der Waals surface area contributed by atoms with Gasteiger partial charge in [0.15, 0.2) is 0 Å². The van der Waals surface area contributed by atoms with E-state index in [1.54, 1.807) is 6.33 Å². The fourth-order valence-corrected chi connectivity index (χ4v) is 2.92. The smallest absolute Gasteiger partial charge is 0.125 e. The molecule has 1 atom stereocenters. The summed E-state index contributed by atoms with van der Waals surface area (Å²) < 4.78 is 2.97. The van der Waals surface area contributed by atoms with E-state index in [0.29, 0.717) is 0 Å². The lowest BCUT2D eigenvalue weighted by Gasteiger charge is -2.32. The van der Waals surface area contributed by atoms with Crippen LogP contribution in [0.4, 0.5) is 5.69 Å². The van der Waals surface area contributed by atoms with Crippen molar-refractivity contribution < 1.29 is 5.21 Å². The Bertz CT molecular complexity index is 552. The van der Waals surface area contributed by atoms with Gasteiger partial charge in [-0.25, -0.2) is 10.0 Å². The van der Waals surface area contributed by atoms with Gasteiger partial charge in [0.25, 0.3) is 0 Å². The van der Waals surface area contributed by atoms with Gasteiger partial charge in [0.05, 0.1) is 23.1 Å². The zero-order valence-electron chi connectivity index (χ0n) is 8.63. The molecule has 0 bridgehead atoms. The Morgan fingerprint density at radius 1 is 1.31 bits per heavy atom. The number of nitrogens with zero attached hydrogens (tertiary/aromatic N) is 3. The number of anilines is 1. The van der Waals surface area contributed by atoms with E-state index in [0.717, 1.165) is 20.8 Å². The van der Waals surface area contributed by atoms with Gasteiger partial charge in [0.2, 0.25) is 0 Å². The van der Waals surface area contributed by atoms with Crippen LogP contribution in [0, 0.1) is 3.70 Å². The zero-order chi connectivity index (χ0) is 11.3. The van der Waals surface area contributed by atoms with Gasteiger partial charge in [0.1, 0.15) is 10.0 Å². The fraction of sp³-hybridized carbons (Fsp3) is 0.182. The number of para-hydroxylation sites is 2. The Kier molecular flexibility index (Phi) is 2.18. The molecule has 1 aromatic heterocycles. The molecule has 0 saturated heterocycles. The summed E-state index contributed by atoms with van der Waals surface area (Å²) in [7, 11) is 0. The molecule has 0 amide bonds. The monoisotopic (exact) mass is 327 g/mol. The van der Waals surface area contributed by atoms with Crippen LogP contribution in [0.3, 0.4) is 0 Å². The fourth-order valence-electron chi connectivity index (χ4n) is 2.09. The Balaban J connectivity index is 2.34. The summed E-state index contributed by atoms with van der Waals surface area (Å²) in [5, 5.41) is 11.4. The minimum atomic E-state index is -0.0794. The van der Waals surface area contributed by atoms with Crippen molar-refractivity contribution in [2.75, 3.05) is 5.06 Å². The van der Waals surface area contributed by atoms with E-state index < -0.39 is 0 Å². The molecular formula is C11H10IN3O. The highest BCUT2D eigenvalue weighted by Crippen LogP contribution is 2.38. The van der Waals surface area contributed by atoms with Crippen molar-refractivity contribution in [3.8, 4) is 5.69 Å². The summed E-state index contributed by atoms with van der Waals surface area (Å²) in [6.45, 7) is 1.96. The Labute approximate surface area is 107 Å². The van der Waals surface area contributed by atoms with Crippen molar-refractivity contribution in [2.45, 2.75) is 13.0 Å². The molecule has 0 spiro atoms. The average Bonchev–Trinajstić information content (AvgIpc) is 2.69. The van der Waals surface area contributed by atoms with Gasteiger partial charge >= 0.3 is 0 Å². The van der Waals surface area contributed by atoms with Crippen LogP contribution in [0.25, 0.3) is 5.69 Å². The van der Waals surface area contributed by atoms with Crippen LogP contribution in [0.1, 0.15) is 18.7 Å². The second-order valence-electron chi connectivity index (χ2n) is 3.80. The SMILES string of the molecule is CC1c2c(I)ncn2-c2ccccc2N1O. The summed E-state index contributed by atoms with van der Waals surface area (Å²) in [4.78, 5) is 4.29. The first-order valence-electron chi connectivity index (χ1n) is 5.00. The number of aromatic nitrogens is 2. The summed E-state index contributed by atoms with van der Waals surface area (Å²) >= 11 is 2.19. The van der Waals surface area contributed by atoms with E-state index in [4.69, 9.17) is 0 Å². The van der Waals surface area contributed by atoms with E-state index in [1.807, 2.05) is 35.8 Å². The summed E-state index contributed by atoms with van der Waals surface area (Å²) in [6, 6.07) is 7.68. The predicted octanol–water partition coefficient (Wildman–Crippen LogP) is 2.75. The van der Waals surface area contributed by atoms with Gasteiger partial charge in [-0.1, -0.05) is 12.1 Å². The van der Waals surface area contributed by atoms with Crippen molar-refractivity contribution in [3.63, 3.8) is 0 Å². The maximum Gasteiger partial charge on any atom is 0.125 e. The van der Waals surface area contributed by atoms with E-state index in [1.165, 1.54) is 5.06 Å². The standard InChI is InChI=1S/C11H10IN3O/c1-7-10-11(12)13-6-14(10)8-4-2-3-5-9(8)15(7)16/h2-7,16H,1H3. The molecule has 4 nitrogen and oxygen atoms in total. The molecule has 0 saturated carbocycles. The van der Waals surface area contributed by atoms with E-state index in [2.05, 4.69) is 27.6 Å². The van der Waals surface area contributed by atoms with Gasteiger partial charge in [-0.2, -0.15) is 0 Å². The third-order valence-electron chi connectivity index (χ3n) is 2.91. The highest BCUT2D eigenvalue weighted by molar-refractivity contribution is 14.1. The number of hydrogen-bond acceptors (Lipinski definition) is 3. The lowest BCUT2D eigenvalue weighted by molar-refractivity contribution is 0.216. The largest absolute Gasteiger partial charge is 0.298 e. The number of benzene rings is 1. The second-order valence-corrected chi connectivity index (χ2v) is 4.82. The second kappa shape index (κ2) is 3.46. The molecule has 1 aliphatic heterocycles. The molecule has 1 aliphatic rings. The Hall–Kier alpha value is -1.08. The van der Waals surface area contributed by atoms with Crippen LogP contribution in [0.15, 0.2) is 30.6 Å². The van der Waals surface area contributed by atoms with E-state index in [9.17, 15) is 5.21 Å². The van der Waals surface area contributed by atoms with Gasteiger partial charge in [-0.3, -0.25) is 9.77 Å². The Morgan fingerprint density at radius 2 is 2.00 bits per heavy atom. The molecule has 5 heteroatoms. The highest BCUT2D eigenvalue weighted by atomic mass is 127. The molecule has 82 valence electrons. The number of imidazole rings is 1. The number of hydrogen-bond donors (Lipinski definition) is 1. The van der Waals surface area contributed by atoms with Crippen LogP contribution in [0.5, 0.6) is 0 Å². The first-order chi connectivity index (χ1) is 7.70. The summed E-state index contributed by atoms with van der Waals surface area (Å²) in [6.07, 6.45) is 1.80. The molecule has 0 aliphatic carbocycles. The number of hydroxylamine groups is 1. The number of halogens is 1. The average molecular weight is 327 g/mol. The van der Waals surface area contributed by atoms with Crippen molar-refractivity contribution in [1.82, 2.24) is 9.55 Å². The van der Waals surface area contributed by atoms with Crippen molar-refractivity contribution >= 4 is 28.3 Å². The molecule has 2 heterocycles. The van der Waals surface area contributed by atoms with Crippen LogP contribution in [0.2, 0.25) is 0 Å². The van der Waals surface area contributed by atoms with Crippen LogP contribution in [-0.2, 0) is 0 Å². The van der Waals surface area contributed by atoms with Crippen LogP contribution >= 0.6 is 22.6 Å². The molecule has 16 heavy (non-hydrogen) atoms. The lowest BCUT2D eigenvalue weighted by Crippen LogP contribution is -2.30. The van der Waals surface area contributed by atoms with Crippen molar-refractivity contribution in [3.05, 3.63) is 40.0 Å². The van der Waals surface area contributed by atoms with Gasteiger partial charge in [-0.15, -0.1) is 0 Å². The first-order valence-corrected chi connectivity index (χ1v) is 6.08. The van der Waals surface area contributed by atoms with Crippen LogP contribution < -0.4 is 5.06 Å². The highest BCUT2D eigenvalue weighted by Gasteiger charge is 2.29.